The molecule has 0 heterocycles. The number of rotatable bonds is 6. The first-order valence-corrected chi connectivity index (χ1v) is 4.91. The molecule has 0 aromatic rings. The monoisotopic (exact) mass is 225 g/mol. The minimum atomic E-state index is -4.16. The van der Waals surface area contributed by atoms with Crippen molar-refractivity contribution in [2.24, 2.45) is 0 Å². The lowest BCUT2D eigenvalue weighted by Crippen LogP contribution is -2.32. The predicted octanol–water partition coefficient (Wildman–Crippen LogP) is 1.88. The van der Waals surface area contributed by atoms with Crippen LogP contribution in [-0.4, -0.2) is 41.3 Å². The minimum Gasteiger partial charge on any atom is -0.481 e. The summed E-state index contributed by atoms with van der Waals surface area (Å²) in [5.41, 5.74) is 0. The van der Waals surface area contributed by atoms with Gasteiger partial charge in [-0.05, 0) is 12.8 Å². The fourth-order valence-corrected chi connectivity index (χ4v) is 1.43. The lowest BCUT2D eigenvalue weighted by Gasteiger charge is -2.21. The number of carboxylic acids is 1. The van der Waals surface area contributed by atoms with Gasteiger partial charge < -0.3 is 5.11 Å². The molecule has 3 nitrogen and oxygen atoms in total. The first-order chi connectivity index (χ1) is 6.88. The Morgan fingerprint density at radius 2 is 1.93 bits per heavy atom. The number of carbonyl (C=O) groups is 1. The maximum Gasteiger partial charge on any atom is 0.390 e. The van der Waals surface area contributed by atoms with E-state index in [1.807, 2.05) is 0 Å². The average molecular weight is 225 g/mol. The lowest BCUT2D eigenvalue weighted by molar-refractivity contribution is -0.139. The predicted molar refractivity (Wildman–Crippen MR) is 47.5 cm³/mol. The molecule has 1 aliphatic carbocycles. The van der Waals surface area contributed by atoms with Crippen molar-refractivity contribution in [3.63, 3.8) is 0 Å². The summed E-state index contributed by atoms with van der Waals surface area (Å²) in [5, 5.41) is 8.44. The quantitative estimate of drug-likeness (QED) is 0.750. The van der Waals surface area contributed by atoms with E-state index < -0.39 is 18.6 Å². The van der Waals surface area contributed by atoms with Gasteiger partial charge in [0.05, 0.1) is 12.8 Å². The van der Waals surface area contributed by atoms with E-state index in [-0.39, 0.29) is 25.6 Å². The molecule has 1 rings (SSSR count). The number of carboxylic acid groups (broad SMARTS) is 1. The molecule has 0 bridgehead atoms. The molecule has 1 fully saturated rings. The summed E-state index contributed by atoms with van der Waals surface area (Å²) in [4.78, 5) is 11.9. The van der Waals surface area contributed by atoms with Crippen LogP contribution in [0, 0.1) is 0 Å². The van der Waals surface area contributed by atoms with Gasteiger partial charge in [0.1, 0.15) is 0 Å². The van der Waals surface area contributed by atoms with Crippen LogP contribution in [-0.2, 0) is 4.79 Å². The van der Waals surface area contributed by atoms with Crippen molar-refractivity contribution in [2.75, 3.05) is 13.1 Å². The van der Waals surface area contributed by atoms with Crippen molar-refractivity contribution in [1.29, 1.82) is 0 Å². The van der Waals surface area contributed by atoms with Crippen LogP contribution in [0.3, 0.4) is 0 Å². The Bertz CT molecular complexity index is 226. The Morgan fingerprint density at radius 3 is 2.33 bits per heavy atom. The van der Waals surface area contributed by atoms with Gasteiger partial charge in [-0.25, -0.2) is 0 Å². The largest absolute Gasteiger partial charge is 0.481 e. The molecule has 0 atom stereocenters. The number of hydrogen-bond acceptors (Lipinski definition) is 2. The smallest absolute Gasteiger partial charge is 0.390 e. The van der Waals surface area contributed by atoms with E-state index in [2.05, 4.69) is 0 Å². The Balaban J connectivity index is 2.27. The minimum absolute atomic E-state index is 0.0819. The zero-order valence-electron chi connectivity index (χ0n) is 8.26. The molecule has 1 saturated carbocycles. The van der Waals surface area contributed by atoms with Crippen LogP contribution in [0.4, 0.5) is 13.2 Å². The van der Waals surface area contributed by atoms with E-state index in [0.29, 0.717) is 0 Å². The third-order valence-electron chi connectivity index (χ3n) is 2.36. The fraction of sp³-hybridized carbons (Fsp3) is 0.889. The van der Waals surface area contributed by atoms with Gasteiger partial charge in [-0.2, -0.15) is 13.2 Å². The van der Waals surface area contributed by atoms with Crippen LogP contribution < -0.4 is 0 Å². The van der Waals surface area contributed by atoms with E-state index in [1.54, 1.807) is 4.90 Å². The topological polar surface area (TPSA) is 40.5 Å². The molecule has 0 unspecified atom stereocenters. The van der Waals surface area contributed by atoms with Gasteiger partial charge in [0.2, 0.25) is 0 Å². The van der Waals surface area contributed by atoms with Crippen molar-refractivity contribution >= 4 is 5.97 Å². The van der Waals surface area contributed by atoms with Crippen molar-refractivity contribution in [2.45, 2.75) is 37.9 Å². The second-order valence-electron chi connectivity index (χ2n) is 3.78. The molecule has 0 aliphatic heterocycles. The van der Waals surface area contributed by atoms with Crippen LogP contribution >= 0.6 is 0 Å². The van der Waals surface area contributed by atoms with E-state index in [4.69, 9.17) is 5.11 Å². The fourth-order valence-electron chi connectivity index (χ4n) is 1.43. The van der Waals surface area contributed by atoms with E-state index in [9.17, 15) is 18.0 Å². The summed E-state index contributed by atoms with van der Waals surface area (Å²) >= 11 is 0. The zero-order chi connectivity index (χ0) is 11.5. The van der Waals surface area contributed by atoms with Gasteiger partial charge in [-0.3, -0.25) is 9.69 Å². The van der Waals surface area contributed by atoms with Crippen molar-refractivity contribution in [1.82, 2.24) is 4.90 Å². The van der Waals surface area contributed by atoms with Gasteiger partial charge >= 0.3 is 12.1 Å². The number of hydrogen-bond donors (Lipinski definition) is 1. The third-order valence-corrected chi connectivity index (χ3v) is 2.36. The van der Waals surface area contributed by atoms with Gasteiger partial charge in [0, 0.05) is 19.1 Å². The van der Waals surface area contributed by atoms with Crippen LogP contribution in [0.15, 0.2) is 0 Å². The van der Waals surface area contributed by atoms with Crippen LogP contribution in [0.1, 0.15) is 25.7 Å². The van der Waals surface area contributed by atoms with Crippen LogP contribution in [0.2, 0.25) is 0 Å². The summed E-state index contributed by atoms with van der Waals surface area (Å²) < 4.78 is 35.9. The lowest BCUT2D eigenvalue weighted by atomic mass is 10.3. The Labute approximate surface area is 85.9 Å². The van der Waals surface area contributed by atoms with Gasteiger partial charge in [-0.15, -0.1) is 0 Å². The Hall–Kier alpha value is -0.780. The molecule has 0 aromatic carbocycles. The summed E-state index contributed by atoms with van der Waals surface area (Å²) in [5.74, 6) is -0.965. The van der Waals surface area contributed by atoms with E-state index in [1.165, 1.54) is 0 Å². The second-order valence-corrected chi connectivity index (χ2v) is 3.78. The molecule has 0 amide bonds. The Kier molecular flexibility index (Phi) is 3.96. The highest BCUT2D eigenvalue weighted by atomic mass is 19.4. The standard InChI is InChI=1S/C9H14F3NO2/c10-9(11,12)4-6-13(7-1-2-7)5-3-8(14)15/h7H,1-6H2,(H,14,15). The average Bonchev–Trinajstić information content (AvgIpc) is 2.85. The molecule has 0 aromatic heterocycles. The summed E-state index contributed by atoms with van der Waals surface area (Å²) in [6.07, 6.45) is -3.33. The number of halogens is 3. The number of nitrogens with zero attached hydrogens (tertiary/aromatic N) is 1. The second kappa shape index (κ2) is 4.83. The number of alkyl halides is 3. The van der Waals surface area contributed by atoms with Crippen molar-refractivity contribution in [3.05, 3.63) is 0 Å². The van der Waals surface area contributed by atoms with Crippen molar-refractivity contribution in [3.8, 4) is 0 Å². The highest BCUT2D eigenvalue weighted by molar-refractivity contribution is 5.66. The van der Waals surface area contributed by atoms with Gasteiger partial charge in [-0.1, -0.05) is 0 Å². The molecule has 0 saturated heterocycles. The summed E-state index contributed by atoms with van der Waals surface area (Å²) in [7, 11) is 0. The Morgan fingerprint density at radius 1 is 1.33 bits per heavy atom. The SMILES string of the molecule is O=C(O)CCN(CCC(F)(F)F)C1CC1. The first kappa shape index (κ1) is 12.3. The van der Waals surface area contributed by atoms with E-state index in [0.717, 1.165) is 12.8 Å². The zero-order valence-corrected chi connectivity index (χ0v) is 8.26. The molecule has 6 heteroatoms. The molecule has 88 valence electrons. The molecule has 0 radical (unpaired) electrons. The van der Waals surface area contributed by atoms with Gasteiger partial charge in [0.15, 0.2) is 0 Å². The molecule has 1 aliphatic rings. The normalized spacial score (nSPS) is 17.1. The van der Waals surface area contributed by atoms with Crippen LogP contribution in [0.5, 0.6) is 0 Å². The van der Waals surface area contributed by atoms with Crippen LogP contribution in [0.25, 0.3) is 0 Å². The van der Waals surface area contributed by atoms with Gasteiger partial charge in [0.25, 0.3) is 0 Å². The first-order valence-electron chi connectivity index (χ1n) is 4.91. The molecular weight excluding hydrogens is 211 g/mol. The maximum atomic E-state index is 12.0. The maximum absolute atomic E-state index is 12.0. The highest BCUT2D eigenvalue weighted by Crippen LogP contribution is 2.29. The third kappa shape index (κ3) is 5.61. The summed E-state index contributed by atoms with van der Waals surface area (Å²) in [6.45, 7) is 0.136. The molecular formula is C9H14F3NO2. The molecule has 1 N–H and O–H groups in total. The molecule has 0 spiro atoms. The van der Waals surface area contributed by atoms with Crippen molar-refractivity contribution < 1.29 is 23.1 Å². The highest BCUT2D eigenvalue weighted by Gasteiger charge is 2.33. The van der Waals surface area contributed by atoms with E-state index >= 15 is 0 Å². The summed E-state index contributed by atoms with van der Waals surface area (Å²) in [6, 6.07) is 0.173. The molecule has 15 heavy (non-hydrogen) atoms. The number of aliphatic carboxylic acids is 1.